The first-order valence-corrected chi connectivity index (χ1v) is 3.14. The third-order valence-corrected chi connectivity index (χ3v) is 1.57. The van der Waals surface area contributed by atoms with Gasteiger partial charge in [0.2, 0.25) is 0 Å². The minimum atomic E-state index is -0.432. The monoisotopic (exact) mass is 131 g/mol. The van der Waals surface area contributed by atoms with Crippen LogP contribution in [0.4, 0.5) is 0 Å². The van der Waals surface area contributed by atoms with Crippen LogP contribution < -0.4 is 5.32 Å². The van der Waals surface area contributed by atoms with E-state index in [-0.39, 0.29) is 7.43 Å². The Labute approximate surface area is 57.3 Å². The molecule has 2 N–H and O–H groups in total. The molecule has 1 saturated heterocycles. The second kappa shape index (κ2) is 3.18. The average Bonchev–Trinajstić information content (AvgIpc) is 1.65. The lowest BCUT2D eigenvalue weighted by atomic mass is 9.97. The third-order valence-electron chi connectivity index (χ3n) is 1.57. The molecule has 2 heteroatoms. The van der Waals surface area contributed by atoms with E-state index in [1.54, 1.807) is 0 Å². The molecule has 9 heavy (non-hydrogen) atoms. The second-order valence-electron chi connectivity index (χ2n) is 2.78. The largest absolute Gasteiger partial charge is 0.389 e. The summed E-state index contributed by atoms with van der Waals surface area (Å²) in [5.74, 6) is 0. The number of hydrogen-bond acceptors (Lipinski definition) is 2. The lowest BCUT2D eigenvalue weighted by Crippen LogP contribution is -2.42. The van der Waals surface area contributed by atoms with Crippen molar-refractivity contribution in [2.75, 3.05) is 13.1 Å². The number of aliphatic hydroxyl groups is 1. The van der Waals surface area contributed by atoms with Gasteiger partial charge in [-0.2, -0.15) is 0 Å². The van der Waals surface area contributed by atoms with Crippen molar-refractivity contribution in [1.29, 1.82) is 0 Å². The van der Waals surface area contributed by atoms with Crippen LogP contribution in [0.1, 0.15) is 27.2 Å². The number of rotatable bonds is 0. The molecule has 0 radical (unpaired) electrons. The van der Waals surface area contributed by atoms with Crippen LogP contribution in [-0.4, -0.2) is 23.8 Å². The quantitative estimate of drug-likeness (QED) is 0.508. The van der Waals surface area contributed by atoms with E-state index in [1.807, 2.05) is 6.92 Å². The fraction of sp³-hybridized carbons (Fsp3) is 1.00. The van der Waals surface area contributed by atoms with Gasteiger partial charge in [0.15, 0.2) is 0 Å². The Hall–Kier alpha value is -0.0800. The molecular formula is C7H17NO. The molecule has 1 heterocycles. The van der Waals surface area contributed by atoms with Gasteiger partial charge in [0, 0.05) is 6.54 Å². The molecule has 1 atom stereocenters. The van der Waals surface area contributed by atoms with Crippen LogP contribution in [0.25, 0.3) is 0 Å². The van der Waals surface area contributed by atoms with Crippen molar-refractivity contribution < 1.29 is 5.11 Å². The molecule has 1 fully saturated rings. The van der Waals surface area contributed by atoms with Gasteiger partial charge in [-0.15, -0.1) is 0 Å². The van der Waals surface area contributed by atoms with Crippen LogP contribution in [0.3, 0.4) is 0 Å². The fourth-order valence-corrected chi connectivity index (χ4v) is 1.04. The molecule has 0 amide bonds. The SMILES string of the molecule is C.CC1(O)CCCNC1. The van der Waals surface area contributed by atoms with Gasteiger partial charge in [-0.1, -0.05) is 7.43 Å². The molecule has 1 aliphatic heterocycles. The molecule has 0 bridgehead atoms. The van der Waals surface area contributed by atoms with E-state index >= 15 is 0 Å². The van der Waals surface area contributed by atoms with E-state index in [2.05, 4.69) is 5.32 Å². The molecule has 0 spiro atoms. The number of β-amino-alcohol motifs (C(OH)–C–C–N with tert-alkyl or cyclic N) is 1. The van der Waals surface area contributed by atoms with Gasteiger partial charge in [0.25, 0.3) is 0 Å². The summed E-state index contributed by atoms with van der Waals surface area (Å²) in [4.78, 5) is 0. The zero-order valence-corrected chi connectivity index (χ0v) is 5.28. The van der Waals surface area contributed by atoms with E-state index in [0.717, 1.165) is 25.9 Å². The first kappa shape index (κ1) is 8.92. The Morgan fingerprint density at radius 3 is 2.44 bits per heavy atom. The summed E-state index contributed by atoms with van der Waals surface area (Å²) in [5, 5.41) is 12.4. The van der Waals surface area contributed by atoms with E-state index < -0.39 is 5.60 Å². The Kier molecular flexibility index (Phi) is 3.15. The zero-order valence-electron chi connectivity index (χ0n) is 5.28. The maximum atomic E-state index is 9.31. The van der Waals surface area contributed by atoms with Crippen molar-refractivity contribution in [2.45, 2.75) is 32.8 Å². The third kappa shape index (κ3) is 2.82. The second-order valence-corrected chi connectivity index (χ2v) is 2.78. The van der Waals surface area contributed by atoms with Crippen molar-refractivity contribution in [2.24, 2.45) is 0 Å². The minimum Gasteiger partial charge on any atom is -0.389 e. The van der Waals surface area contributed by atoms with Crippen LogP contribution in [0.15, 0.2) is 0 Å². The van der Waals surface area contributed by atoms with Crippen molar-refractivity contribution >= 4 is 0 Å². The minimum absolute atomic E-state index is 0. The highest BCUT2D eigenvalue weighted by Gasteiger charge is 2.21. The predicted molar refractivity (Wildman–Crippen MR) is 39.5 cm³/mol. The maximum Gasteiger partial charge on any atom is 0.0744 e. The summed E-state index contributed by atoms with van der Waals surface area (Å²) >= 11 is 0. The van der Waals surface area contributed by atoms with E-state index in [4.69, 9.17) is 0 Å². The average molecular weight is 131 g/mol. The predicted octanol–water partition coefficient (Wildman–Crippen LogP) is 0.757. The molecule has 1 unspecified atom stereocenters. The van der Waals surface area contributed by atoms with Crippen molar-refractivity contribution in [3.8, 4) is 0 Å². The van der Waals surface area contributed by atoms with Gasteiger partial charge in [0.05, 0.1) is 5.60 Å². The molecule has 2 nitrogen and oxygen atoms in total. The van der Waals surface area contributed by atoms with Gasteiger partial charge in [-0.25, -0.2) is 0 Å². The van der Waals surface area contributed by atoms with E-state index in [1.165, 1.54) is 0 Å². The summed E-state index contributed by atoms with van der Waals surface area (Å²) < 4.78 is 0. The highest BCUT2D eigenvalue weighted by molar-refractivity contribution is 4.79. The van der Waals surface area contributed by atoms with E-state index in [9.17, 15) is 5.11 Å². The van der Waals surface area contributed by atoms with Crippen molar-refractivity contribution in [3.05, 3.63) is 0 Å². The molecule has 1 rings (SSSR count). The summed E-state index contributed by atoms with van der Waals surface area (Å²) in [5.41, 5.74) is -0.432. The van der Waals surface area contributed by atoms with Gasteiger partial charge in [0.1, 0.15) is 0 Å². The Morgan fingerprint density at radius 1 is 1.56 bits per heavy atom. The van der Waals surface area contributed by atoms with Crippen LogP contribution in [-0.2, 0) is 0 Å². The Bertz CT molecular complexity index is 73.0. The topological polar surface area (TPSA) is 32.3 Å². The lowest BCUT2D eigenvalue weighted by molar-refractivity contribution is 0.0351. The van der Waals surface area contributed by atoms with Crippen LogP contribution in [0.2, 0.25) is 0 Å². The van der Waals surface area contributed by atoms with Crippen molar-refractivity contribution in [1.82, 2.24) is 5.32 Å². The van der Waals surface area contributed by atoms with E-state index in [0.29, 0.717) is 0 Å². The summed E-state index contributed by atoms with van der Waals surface area (Å²) in [6, 6.07) is 0. The lowest BCUT2D eigenvalue weighted by Gasteiger charge is -2.28. The fourth-order valence-electron chi connectivity index (χ4n) is 1.04. The number of piperidine rings is 1. The Morgan fingerprint density at radius 2 is 2.22 bits per heavy atom. The number of nitrogens with one attached hydrogen (secondary N) is 1. The normalized spacial score (nSPS) is 35.3. The van der Waals surface area contributed by atoms with Crippen molar-refractivity contribution in [3.63, 3.8) is 0 Å². The molecule has 0 aromatic heterocycles. The van der Waals surface area contributed by atoms with Crippen LogP contribution in [0, 0.1) is 0 Å². The van der Waals surface area contributed by atoms with Crippen LogP contribution >= 0.6 is 0 Å². The molecule has 1 aliphatic rings. The summed E-state index contributed by atoms with van der Waals surface area (Å²) in [6.07, 6.45) is 2.05. The molecule has 0 aromatic carbocycles. The van der Waals surface area contributed by atoms with Gasteiger partial charge >= 0.3 is 0 Å². The summed E-state index contributed by atoms with van der Waals surface area (Å²) in [6.45, 7) is 3.70. The molecular weight excluding hydrogens is 114 g/mol. The molecule has 0 saturated carbocycles. The van der Waals surface area contributed by atoms with Gasteiger partial charge < -0.3 is 10.4 Å². The first-order valence-electron chi connectivity index (χ1n) is 3.14. The summed E-state index contributed by atoms with van der Waals surface area (Å²) in [7, 11) is 0. The Balaban J connectivity index is 0.000000640. The maximum absolute atomic E-state index is 9.31. The zero-order chi connectivity index (χ0) is 6.04. The molecule has 0 aromatic rings. The highest BCUT2D eigenvalue weighted by Crippen LogP contribution is 2.13. The molecule has 56 valence electrons. The first-order chi connectivity index (χ1) is 3.71. The van der Waals surface area contributed by atoms with Gasteiger partial charge in [-0.05, 0) is 26.3 Å². The smallest absolute Gasteiger partial charge is 0.0744 e. The van der Waals surface area contributed by atoms with Crippen LogP contribution in [0.5, 0.6) is 0 Å². The van der Waals surface area contributed by atoms with Gasteiger partial charge in [-0.3, -0.25) is 0 Å². The highest BCUT2D eigenvalue weighted by atomic mass is 16.3. The standard InChI is InChI=1S/C6H13NO.CH4/c1-6(8)3-2-4-7-5-6;/h7-8H,2-5H2,1H3;1H4. The number of hydrogen-bond donors (Lipinski definition) is 2. The molecule has 0 aliphatic carbocycles.